The Kier molecular flexibility index (Phi) is 5.30. The van der Waals surface area contributed by atoms with Gasteiger partial charge in [-0.1, -0.05) is 60.7 Å². The highest BCUT2D eigenvalue weighted by Gasteiger charge is 2.23. The second-order valence-electron chi connectivity index (χ2n) is 7.72. The van der Waals surface area contributed by atoms with Gasteiger partial charge in [0.25, 0.3) is 5.91 Å². The third-order valence-electron chi connectivity index (χ3n) is 5.69. The second kappa shape index (κ2) is 8.55. The maximum Gasteiger partial charge on any atom is 0.254 e. The molecule has 0 unspecified atom stereocenters. The Morgan fingerprint density at radius 3 is 2.41 bits per heavy atom. The standard InChI is InChI=1S/C27H22N2O3/c30-22-12-10-19(11-13-22)20-14-16-29(17-15-20)27(31)24-9-5-4-8-23(24)26-28-18-25(32-26)21-6-2-1-3-7-21/h1-14,18,30H,15-17H2. The molecule has 0 saturated heterocycles. The molecule has 5 heteroatoms. The van der Waals surface area contributed by atoms with Crippen molar-refractivity contribution in [2.45, 2.75) is 6.42 Å². The first-order chi connectivity index (χ1) is 15.7. The Morgan fingerprint density at radius 2 is 1.66 bits per heavy atom. The molecule has 1 aromatic heterocycles. The first-order valence-electron chi connectivity index (χ1n) is 10.6. The normalized spacial score (nSPS) is 13.6. The molecule has 3 aromatic carbocycles. The van der Waals surface area contributed by atoms with Crippen molar-refractivity contribution < 1.29 is 14.3 Å². The minimum atomic E-state index is -0.0407. The highest BCUT2D eigenvalue weighted by molar-refractivity contribution is 6.00. The maximum atomic E-state index is 13.4. The zero-order valence-electron chi connectivity index (χ0n) is 17.4. The number of rotatable bonds is 4. The van der Waals surface area contributed by atoms with E-state index in [0.717, 1.165) is 17.5 Å². The van der Waals surface area contributed by atoms with Crippen LogP contribution in [0, 0.1) is 0 Å². The van der Waals surface area contributed by atoms with E-state index in [9.17, 15) is 9.90 Å². The van der Waals surface area contributed by atoms with Crippen LogP contribution in [-0.4, -0.2) is 34.0 Å². The average molecular weight is 422 g/mol. The molecule has 1 amide bonds. The second-order valence-corrected chi connectivity index (χ2v) is 7.72. The van der Waals surface area contributed by atoms with Gasteiger partial charge in [0.1, 0.15) is 5.75 Å². The summed E-state index contributed by atoms with van der Waals surface area (Å²) in [6.07, 6.45) is 4.53. The van der Waals surface area contributed by atoms with Crippen LogP contribution in [0.3, 0.4) is 0 Å². The lowest BCUT2D eigenvalue weighted by Crippen LogP contribution is -2.35. The SMILES string of the molecule is O=C(c1ccccc1-c1ncc(-c2ccccc2)o1)N1CC=C(c2ccc(O)cc2)CC1. The molecule has 0 bridgehead atoms. The largest absolute Gasteiger partial charge is 0.508 e. The molecule has 4 aromatic rings. The molecule has 1 N–H and O–H groups in total. The van der Waals surface area contributed by atoms with Crippen LogP contribution in [0.15, 0.2) is 95.6 Å². The van der Waals surface area contributed by atoms with Gasteiger partial charge < -0.3 is 14.4 Å². The quantitative estimate of drug-likeness (QED) is 0.462. The first-order valence-corrected chi connectivity index (χ1v) is 10.6. The van der Waals surface area contributed by atoms with E-state index in [4.69, 9.17) is 4.42 Å². The van der Waals surface area contributed by atoms with Crippen LogP contribution >= 0.6 is 0 Å². The summed E-state index contributed by atoms with van der Waals surface area (Å²) >= 11 is 0. The van der Waals surface area contributed by atoms with Crippen molar-refractivity contribution in [1.82, 2.24) is 9.88 Å². The number of amides is 1. The predicted molar refractivity (Wildman–Crippen MR) is 124 cm³/mol. The molecule has 5 nitrogen and oxygen atoms in total. The topological polar surface area (TPSA) is 66.6 Å². The van der Waals surface area contributed by atoms with Crippen LogP contribution in [0.4, 0.5) is 0 Å². The summed E-state index contributed by atoms with van der Waals surface area (Å²) in [6, 6.07) is 24.4. The monoisotopic (exact) mass is 422 g/mol. The Morgan fingerprint density at radius 1 is 0.906 bits per heavy atom. The van der Waals surface area contributed by atoms with Crippen molar-refractivity contribution >= 4 is 11.5 Å². The third kappa shape index (κ3) is 3.93. The molecule has 0 radical (unpaired) electrons. The van der Waals surface area contributed by atoms with Gasteiger partial charge in [-0.05, 0) is 41.8 Å². The smallest absolute Gasteiger partial charge is 0.254 e. The van der Waals surface area contributed by atoms with Crippen LogP contribution in [-0.2, 0) is 0 Å². The molecule has 0 saturated carbocycles. The molecular weight excluding hydrogens is 400 g/mol. The van der Waals surface area contributed by atoms with Crippen LogP contribution in [0.2, 0.25) is 0 Å². The molecule has 0 atom stereocenters. The number of aromatic nitrogens is 1. The Hall–Kier alpha value is -4.12. The van der Waals surface area contributed by atoms with Crippen LogP contribution < -0.4 is 0 Å². The van der Waals surface area contributed by atoms with Crippen LogP contribution in [0.1, 0.15) is 22.3 Å². The number of aromatic hydroxyl groups is 1. The Bertz CT molecular complexity index is 1270. The van der Waals surface area contributed by atoms with Gasteiger partial charge in [-0.15, -0.1) is 0 Å². The summed E-state index contributed by atoms with van der Waals surface area (Å²) in [5.41, 5.74) is 4.47. The maximum absolute atomic E-state index is 13.4. The fourth-order valence-corrected chi connectivity index (χ4v) is 3.95. The van der Waals surface area contributed by atoms with Crippen molar-refractivity contribution in [1.29, 1.82) is 0 Å². The van der Waals surface area contributed by atoms with Crippen LogP contribution in [0.25, 0.3) is 28.4 Å². The van der Waals surface area contributed by atoms with Gasteiger partial charge in [-0.2, -0.15) is 0 Å². The molecule has 2 heterocycles. The lowest BCUT2D eigenvalue weighted by atomic mass is 9.98. The molecule has 0 aliphatic carbocycles. The Balaban J connectivity index is 1.38. The molecule has 1 aliphatic heterocycles. The van der Waals surface area contributed by atoms with Gasteiger partial charge in [-0.25, -0.2) is 4.98 Å². The summed E-state index contributed by atoms with van der Waals surface area (Å²) < 4.78 is 6.00. The Labute approximate surface area is 186 Å². The van der Waals surface area contributed by atoms with Gasteiger partial charge in [-0.3, -0.25) is 4.79 Å². The zero-order chi connectivity index (χ0) is 21.9. The number of carbonyl (C=O) groups is 1. The lowest BCUT2D eigenvalue weighted by molar-refractivity contribution is 0.0773. The number of phenolic OH excluding ortho intramolecular Hbond substituents is 1. The van der Waals surface area contributed by atoms with Gasteiger partial charge in [0.2, 0.25) is 5.89 Å². The highest BCUT2D eigenvalue weighted by Crippen LogP contribution is 2.30. The van der Waals surface area contributed by atoms with Crippen LogP contribution in [0.5, 0.6) is 5.75 Å². The fourth-order valence-electron chi connectivity index (χ4n) is 3.95. The zero-order valence-corrected chi connectivity index (χ0v) is 17.4. The van der Waals surface area contributed by atoms with E-state index in [1.807, 2.05) is 71.6 Å². The molecule has 5 rings (SSSR count). The molecule has 32 heavy (non-hydrogen) atoms. The van der Waals surface area contributed by atoms with Crippen molar-refractivity contribution in [2.24, 2.45) is 0 Å². The minimum Gasteiger partial charge on any atom is -0.508 e. The number of hydrogen-bond donors (Lipinski definition) is 1. The summed E-state index contributed by atoms with van der Waals surface area (Å²) in [5.74, 6) is 1.31. The molecule has 0 fully saturated rings. The number of nitrogens with zero attached hydrogens (tertiary/aromatic N) is 2. The molecule has 158 valence electrons. The lowest BCUT2D eigenvalue weighted by Gasteiger charge is -2.27. The van der Waals surface area contributed by atoms with E-state index < -0.39 is 0 Å². The van der Waals surface area contributed by atoms with E-state index in [2.05, 4.69) is 11.1 Å². The molecule has 1 aliphatic rings. The van der Waals surface area contributed by atoms with E-state index in [1.165, 1.54) is 5.57 Å². The average Bonchev–Trinajstić information content (AvgIpc) is 3.35. The molecule has 0 spiro atoms. The number of phenols is 1. The van der Waals surface area contributed by atoms with E-state index in [-0.39, 0.29) is 11.7 Å². The summed E-state index contributed by atoms with van der Waals surface area (Å²) in [6.45, 7) is 1.16. The number of oxazole rings is 1. The summed E-state index contributed by atoms with van der Waals surface area (Å²) in [7, 11) is 0. The van der Waals surface area contributed by atoms with Gasteiger partial charge in [0, 0.05) is 24.2 Å². The summed E-state index contributed by atoms with van der Waals surface area (Å²) in [5, 5.41) is 9.50. The van der Waals surface area contributed by atoms with Gasteiger partial charge in [0.05, 0.1) is 11.8 Å². The van der Waals surface area contributed by atoms with Gasteiger partial charge >= 0.3 is 0 Å². The number of carbonyl (C=O) groups excluding carboxylic acids is 1. The highest BCUT2D eigenvalue weighted by atomic mass is 16.4. The fraction of sp³-hybridized carbons (Fsp3) is 0.111. The van der Waals surface area contributed by atoms with Crippen molar-refractivity contribution in [3.63, 3.8) is 0 Å². The van der Waals surface area contributed by atoms with E-state index >= 15 is 0 Å². The van der Waals surface area contributed by atoms with Crippen molar-refractivity contribution in [2.75, 3.05) is 13.1 Å². The third-order valence-corrected chi connectivity index (χ3v) is 5.69. The van der Waals surface area contributed by atoms with Crippen molar-refractivity contribution in [3.8, 4) is 28.5 Å². The number of hydrogen-bond acceptors (Lipinski definition) is 4. The predicted octanol–water partition coefficient (Wildman–Crippen LogP) is 5.64. The summed E-state index contributed by atoms with van der Waals surface area (Å²) in [4.78, 5) is 19.6. The van der Waals surface area contributed by atoms with E-state index in [0.29, 0.717) is 35.9 Å². The van der Waals surface area contributed by atoms with Gasteiger partial charge in [0.15, 0.2) is 5.76 Å². The molecular formula is C27H22N2O3. The number of benzene rings is 3. The first kappa shape index (κ1) is 19.8. The van der Waals surface area contributed by atoms with E-state index in [1.54, 1.807) is 18.3 Å². The minimum absolute atomic E-state index is 0.0407. The van der Waals surface area contributed by atoms with Crippen molar-refractivity contribution in [3.05, 3.63) is 102 Å².